The van der Waals surface area contributed by atoms with Gasteiger partial charge in [0.15, 0.2) is 0 Å². The van der Waals surface area contributed by atoms with E-state index in [0.29, 0.717) is 25.5 Å². The highest BCUT2D eigenvalue weighted by molar-refractivity contribution is 7.89. The Balaban J connectivity index is 2.01. The van der Waals surface area contributed by atoms with E-state index >= 15 is 0 Å². The first-order valence-corrected chi connectivity index (χ1v) is 8.04. The van der Waals surface area contributed by atoms with Gasteiger partial charge >= 0.3 is 0 Å². The van der Waals surface area contributed by atoms with Crippen molar-refractivity contribution in [3.63, 3.8) is 0 Å². The number of sulfonamides is 1. The zero-order valence-corrected chi connectivity index (χ0v) is 11.9. The fourth-order valence-electron chi connectivity index (χ4n) is 2.70. The predicted molar refractivity (Wildman–Crippen MR) is 73.0 cm³/mol. The van der Waals surface area contributed by atoms with Crippen LogP contribution < -0.4 is 0 Å². The van der Waals surface area contributed by atoms with Crippen LogP contribution in [0.2, 0.25) is 0 Å². The number of hydrogen-bond acceptors (Lipinski definition) is 2. The lowest BCUT2D eigenvalue weighted by atomic mass is 10.2. The molecule has 1 fully saturated rings. The SMILES string of the molecule is O=S(=O)(c1cc(F)cc(F)c1)N1CCC[C@@H]1c1ccc[nH]1. The topological polar surface area (TPSA) is 53.2 Å². The normalized spacial score (nSPS) is 20.0. The Bertz CT molecular complexity index is 724. The highest BCUT2D eigenvalue weighted by atomic mass is 32.2. The van der Waals surface area contributed by atoms with Gasteiger partial charge in [0.05, 0.1) is 10.9 Å². The molecule has 0 aliphatic carbocycles. The van der Waals surface area contributed by atoms with Gasteiger partial charge in [-0.3, -0.25) is 0 Å². The van der Waals surface area contributed by atoms with E-state index in [1.807, 2.05) is 6.07 Å². The van der Waals surface area contributed by atoms with Crippen molar-refractivity contribution < 1.29 is 17.2 Å². The molecule has 0 spiro atoms. The number of rotatable bonds is 3. The van der Waals surface area contributed by atoms with Crippen LogP contribution in [0.3, 0.4) is 0 Å². The van der Waals surface area contributed by atoms with E-state index in [9.17, 15) is 17.2 Å². The Morgan fingerprint density at radius 2 is 1.90 bits per heavy atom. The summed E-state index contributed by atoms with van der Waals surface area (Å²) in [4.78, 5) is 2.65. The summed E-state index contributed by atoms with van der Waals surface area (Å²) in [7, 11) is -3.93. The first-order valence-electron chi connectivity index (χ1n) is 6.60. The maximum Gasteiger partial charge on any atom is 0.243 e. The van der Waals surface area contributed by atoms with Crippen LogP contribution in [-0.4, -0.2) is 24.3 Å². The van der Waals surface area contributed by atoms with Gasteiger partial charge in [0.1, 0.15) is 11.6 Å². The van der Waals surface area contributed by atoms with Crippen molar-refractivity contribution in [1.82, 2.24) is 9.29 Å². The Morgan fingerprint density at radius 3 is 2.52 bits per heavy atom. The van der Waals surface area contributed by atoms with Crippen molar-refractivity contribution in [2.24, 2.45) is 0 Å². The average molecular weight is 312 g/mol. The van der Waals surface area contributed by atoms with Gasteiger partial charge in [-0.15, -0.1) is 0 Å². The third-order valence-electron chi connectivity index (χ3n) is 3.63. The molecule has 1 aromatic heterocycles. The number of nitrogens with zero attached hydrogens (tertiary/aromatic N) is 1. The Kier molecular flexibility index (Phi) is 3.54. The highest BCUT2D eigenvalue weighted by Gasteiger charge is 2.37. The van der Waals surface area contributed by atoms with Crippen LogP contribution >= 0.6 is 0 Å². The van der Waals surface area contributed by atoms with Gasteiger partial charge in [0.2, 0.25) is 10.0 Å². The molecule has 0 bridgehead atoms. The minimum Gasteiger partial charge on any atom is -0.364 e. The smallest absolute Gasteiger partial charge is 0.243 e. The van der Waals surface area contributed by atoms with Crippen molar-refractivity contribution in [2.75, 3.05) is 6.54 Å². The minimum atomic E-state index is -3.93. The molecule has 112 valence electrons. The molecule has 1 N–H and O–H groups in total. The molecule has 1 atom stereocenters. The molecule has 3 rings (SSSR count). The molecular weight excluding hydrogens is 298 g/mol. The lowest BCUT2D eigenvalue weighted by Gasteiger charge is -2.23. The van der Waals surface area contributed by atoms with Gasteiger partial charge in [0, 0.05) is 24.5 Å². The Morgan fingerprint density at radius 1 is 1.19 bits per heavy atom. The van der Waals surface area contributed by atoms with Gasteiger partial charge < -0.3 is 4.98 Å². The maximum absolute atomic E-state index is 13.3. The van der Waals surface area contributed by atoms with Crippen molar-refractivity contribution in [1.29, 1.82) is 0 Å². The van der Waals surface area contributed by atoms with Crippen LogP contribution in [0.4, 0.5) is 8.78 Å². The summed E-state index contributed by atoms with van der Waals surface area (Å²) in [5.74, 6) is -1.80. The summed E-state index contributed by atoms with van der Waals surface area (Å²) in [5, 5.41) is 0. The zero-order chi connectivity index (χ0) is 15.0. The van der Waals surface area contributed by atoms with E-state index in [4.69, 9.17) is 0 Å². The fourth-order valence-corrected chi connectivity index (χ4v) is 4.42. The molecule has 2 heterocycles. The molecule has 1 saturated heterocycles. The standard InChI is InChI=1S/C14H14F2N2O2S/c15-10-7-11(16)9-12(8-10)21(19,20)18-6-2-4-14(18)13-3-1-5-17-13/h1,3,5,7-9,14,17H,2,4,6H2/t14-/m1/s1. The second-order valence-electron chi connectivity index (χ2n) is 5.00. The number of hydrogen-bond donors (Lipinski definition) is 1. The van der Waals surface area contributed by atoms with Gasteiger partial charge in [0.25, 0.3) is 0 Å². The monoisotopic (exact) mass is 312 g/mol. The van der Waals surface area contributed by atoms with E-state index in [2.05, 4.69) is 4.98 Å². The Labute approximate surface area is 121 Å². The molecule has 1 aromatic carbocycles. The van der Waals surface area contributed by atoms with Gasteiger partial charge in [-0.1, -0.05) is 0 Å². The molecular formula is C14H14F2N2O2S. The molecule has 0 saturated carbocycles. The predicted octanol–water partition coefficient (Wildman–Crippen LogP) is 2.82. The lowest BCUT2D eigenvalue weighted by molar-refractivity contribution is 0.390. The fraction of sp³-hybridized carbons (Fsp3) is 0.286. The number of halogens is 2. The van der Waals surface area contributed by atoms with Crippen LogP contribution in [-0.2, 0) is 10.0 Å². The summed E-state index contributed by atoms with van der Waals surface area (Å²) >= 11 is 0. The maximum atomic E-state index is 13.3. The number of nitrogens with one attached hydrogen (secondary N) is 1. The van der Waals surface area contributed by atoms with Crippen LogP contribution in [0.5, 0.6) is 0 Å². The third kappa shape index (κ3) is 2.58. The van der Waals surface area contributed by atoms with Crippen molar-refractivity contribution in [3.8, 4) is 0 Å². The van der Waals surface area contributed by atoms with Crippen LogP contribution in [0.15, 0.2) is 41.4 Å². The number of H-pyrrole nitrogens is 1. The van der Waals surface area contributed by atoms with Crippen molar-refractivity contribution >= 4 is 10.0 Å². The molecule has 1 aliphatic heterocycles. The summed E-state index contributed by atoms with van der Waals surface area (Å²) in [6, 6.07) is 5.64. The van der Waals surface area contributed by atoms with E-state index in [1.54, 1.807) is 12.3 Å². The number of aromatic nitrogens is 1. The van der Waals surface area contributed by atoms with Crippen LogP contribution in [0, 0.1) is 11.6 Å². The third-order valence-corrected chi connectivity index (χ3v) is 5.51. The first kappa shape index (κ1) is 14.2. The highest BCUT2D eigenvalue weighted by Crippen LogP contribution is 2.35. The van der Waals surface area contributed by atoms with Crippen molar-refractivity contribution in [2.45, 2.75) is 23.8 Å². The second kappa shape index (κ2) is 5.23. The van der Waals surface area contributed by atoms with Gasteiger partial charge in [-0.2, -0.15) is 4.31 Å². The number of benzene rings is 1. The van der Waals surface area contributed by atoms with Crippen molar-refractivity contribution in [3.05, 3.63) is 53.9 Å². The summed E-state index contributed by atoms with van der Waals surface area (Å²) in [6.45, 7) is 0.337. The first-order chi connectivity index (χ1) is 9.98. The van der Waals surface area contributed by atoms with E-state index in [1.165, 1.54) is 4.31 Å². The van der Waals surface area contributed by atoms with E-state index in [0.717, 1.165) is 17.8 Å². The molecule has 1 aliphatic rings. The van der Waals surface area contributed by atoms with E-state index in [-0.39, 0.29) is 10.9 Å². The molecule has 7 heteroatoms. The molecule has 4 nitrogen and oxygen atoms in total. The quantitative estimate of drug-likeness (QED) is 0.947. The molecule has 21 heavy (non-hydrogen) atoms. The number of aromatic amines is 1. The molecule has 0 unspecified atom stereocenters. The summed E-state index contributed by atoms with van der Waals surface area (Å²) in [5.41, 5.74) is 0.785. The molecule has 0 radical (unpaired) electrons. The summed E-state index contributed by atoms with van der Waals surface area (Å²) in [6.07, 6.45) is 3.11. The van der Waals surface area contributed by atoms with Gasteiger partial charge in [-0.25, -0.2) is 17.2 Å². The van der Waals surface area contributed by atoms with E-state index < -0.39 is 21.7 Å². The molecule has 0 amide bonds. The second-order valence-corrected chi connectivity index (χ2v) is 6.89. The lowest BCUT2D eigenvalue weighted by Crippen LogP contribution is -2.31. The zero-order valence-electron chi connectivity index (χ0n) is 11.1. The Hall–Kier alpha value is -1.73. The molecule has 2 aromatic rings. The average Bonchev–Trinajstić information content (AvgIpc) is 3.08. The minimum absolute atomic E-state index is 0.323. The largest absolute Gasteiger partial charge is 0.364 e. The summed E-state index contributed by atoms with van der Waals surface area (Å²) < 4.78 is 53.1. The van der Waals surface area contributed by atoms with Gasteiger partial charge in [-0.05, 0) is 37.1 Å². The van der Waals surface area contributed by atoms with Crippen LogP contribution in [0.1, 0.15) is 24.6 Å². The van der Waals surface area contributed by atoms with Crippen LogP contribution in [0.25, 0.3) is 0 Å².